The summed E-state index contributed by atoms with van der Waals surface area (Å²) in [7, 11) is 0. The van der Waals surface area contributed by atoms with Gasteiger partial charge in [0.2, 0.25) is 0 Å². The van der Waals surface area contributed by atoms with Gasteiger partial charge in [-0.25, -0.2) is 14.8 Å². The Hall–Kier alpha value is -3.07. The molecular formula is C25H26N4O3S. The zero-order valence-corrected chi connectivity index (χ0v) is 19.6. The van der Waals surface area contributed by atoms with Crippen molar-refractivity contribution in [1.29, 1.82) is 0 Å². The van der Waals surface area contributed by atoms with Gasteiger partial charge in [-0.05, 0) is 42.3 Å². The molecule has 0 aliphatic carbocycles. The van der Waals surface area contributed by atoms with Crippen molar-refractivity contribution in [1.82, 2.24) is 14.9 Å². The molecule has 0 saturated carbocycles. The lowest BCUT2D eigenvalue weighted by atomic mass is 10.1. The maximum Gasteiger partial charge on any atom is 0.348 e. The van der Waals surface area contributed by atoms with E-state index < -0.39 is 0 Å². The van der Waals surface area contributed by atoms with E-state index in [0.29, 0.717) is 23.8 Å². The second-order valence-electron chi connectivity index (χ2n) is 8.02. The smallest absolute Gasteiger partial charge is 0.348 e. The predicted molar refractivity (Wildman–Crippen MR) is 131 cm³/mol. The second-order valence-corrected chi connectivity index (χ2v) is 9.02. The fourth-order valence-electron chi connectivity index (χ4n) is 4.10. The predicted octanol–water partition coefficient (Wildman–Crippen LogP) is 4.91. The maximum atomic E-state index is 12.6. The lowest BCUT2D eigenvalue weighted by molar-refractivity contribution is 0.0331. The number of morpholine rings is 1. The molecule has 1 aliphatic heterocycles. The Balaban J connectivity index is 1.57. The Bertz CT molecular complexity index is 1310. The first-order valence-electron chi connectivity index (χ1n) is 11.2. The summed E-state index contributed by atoms with van der Waals surface area (Å²) in [5.41, 5.74) is 1.78. The molecule has 0 unspecified atom stereocenters. The number of aryl methyl sites for hydroxylation is 1. The average molecular weight is 463 g/mol. The Labute approximate surface area is 196 Å². The number of nitrogens with one attached hydrogen (secondary N) is 1. The van der Waals surface area contributed by atoms with E-state index in [9.17, 15) is 4.79 Å². The van der Waals surface area contributed by atoms with E-state index in [0.717, 1.165) is 59.0 Å². The van der Waals surface area contributed by atoms with Crippen LogP contribution in [0, 0.1) is 6.92 Å². The molecule has 1 fully saturated rings. The van der Waals surface area contributed by atoms with Crippen LogP contribution < -0.4 is 5.32 Å². The molecule has 33 heavy (non-hydrogen) atoms. The van der Waals surface area contributed by atoms with E-state index in [2.05, 4.69) is 34.5 Å². The van der Waals surface area contributed by atoms with Gasteiger partial charge in [-0.2, -0.15) is 0 Å². The summed E-state index contributed by atoms with van der Waals surface area (Å²) in [4.78, 5) is 25.9. The quantitative estimate of drug-likeness (QED) is 0.408. The van der Waals surface area contributed by atoms with Gasteiger partial charge in [0.05, 0.1) is 31.8 Å². The number of carbonyl (C=O) groups excluding carboxylic acids is 1. The van der Waals surface area contributed by atoms with E-state index in [1.165, 1.54) is 16.7 Å². The molecule has 1 N–H and O–H groups in total. The summed E-state index contributed by atoms with van der Waals surface area (Å²) in [6.07, 6.45) is 0. The zero-order chi connectivity index (χ0) is 22.8. The Morgan fingerprint density at radius 3 is 2.73 bits per heavy atom. The summed E-state index contributed by atoms with van der Waals surface area (Å²) in [5, 5.41) is 6.69. The number of rotatable bonds is 6. The first kappa shape index (κ1) is 21.8. The molecule has 0 amide bonds. The van der Waals surface area contributed by atoms with Crippen molar-refractivity contribution in [3.05, 3.63) is 58.7 Å². The number of nitrogens with zero attached hydrogens (tertiary/aromatic N) is 3. The molecule has 0 bridgehead atoms. The molecule has 8 heteroatoms. The van der Waals surface area contributed by atoms with Gasteiger partial charge in [0.25, 0.3) is 0 Å². The lowest BCUT2D eigenvalue weighted by Crippen LogP contribution is -2.36. The molecule has 2 aromatic heterocycles. The number of thiophene rings is 1. The number of esters is 1. The Morgan fingerprint density at radius 1 is 1.15 bits per heavy atom. The van der Waals surface area contributed by atoms with Crippen LogP contribution in [-0.2, 0) is 16.0 Å². The number of aromatic nitrogens is 2. The van der Waals surface area contributed by atoms with Crippen molar-refractivity contribution in [2.45, 2.75) is 20.4 Å². The van der Waals surface area contributed by atoms with E-state index >= 15 is 0 Å². The minimum atomic E-state index is -0.315. The van der Waals surface area contributed by atoms with Gasteiger partial charge in [0.1, 0.15) is 21.3 Å². The van der Waals surface area contributed by atoms with Crippen molar-refractivity contribution in [3.8, 4) is 0 Å². The van der Waals surface area contributed by atoms with Gasteiger partial charge in [-0.15, -0.1) is 11.3 Å². The molecule has 170 valence electrons. The summed E-state index contributed by atoms with van der Waals surface area (Å²) in [6, 6.07) is 14.5. The number of carbonyl (C=O) groups is 1. The first-order chi connectivity index (χ1) is 16.1. The minimum absolute atomic E-state index is 0.315. The van der Waals surface area contributed by atoms with Crippen molar-refractivity contribution < 1.29 is 14.3 Å². The lowest BCUT2D eigenvalue weighted by Gasteiger charge is -2.25. The highest BCUT2D eigenvalue weighted by atomic mass is 32.1. The molecule has 1 aliphatic rings. The number of fused-ring (bicyclic) bond motifs is 2. The average Bonchev–Trinajstić information content (AvgIpc) is 3.16. The fraction of sp³-hybridized carbons (Fsp3) is 0.320. The van der Waals surface area contributed by atoms with Crippen LogP contribution in [0.5, 0.6) is 0 Å². The highest BCUT2D eigenvalue weighted by molar-refractivity contribution is 7.20. The third-order valence-corrected chi connectivity index (χ3v) is 6.94. The SMILES string of the molecule is CCOC(=O)c1sc2nc(CN3CCOCC3)nc(Nc3ccc4ccccc4c3)c2c1C. The molecule has 4 aromatic rings. The minimum Gasteiger partial charge on any atom is -0.462 e. The van der Waals surface area contributed by atoms with Crippen LogP contribution in [-0.4, -0.2) is 53.7 Å². The number of benzene rings is 2. The third kappa shape index (κ3) is 4.55. The molecular weight excluding hydrogens is 436 g/mol. The highest BCUT2D eigenvalue weighted by Crippen LogP contribution is 2.36. The molecule has 7 nitrogen and oxygen atoms in total. The molecule has 1 saturated heterocycles. The zero-order valence-electron chi connectivity index (χ0n) is 18.8. The van der Waals surface area contributed by atoms with Gasteiger partial charge in [0, 0.05) is 18.8 Å². The number of ether oxygens (including phenoxy) is 2. The van der Waals surface area contributed by atoms with Crippen LogP contribution >= 0.6 is 11.3 Å². The number of anilines is 2. The largest absolute Gasteiger partial charge is 0.462 e. The van der Waals surface area contributed by atoms with Crippen molar-refractivity contribution >= 4 is 49.8 Å². The number of hydrogen-bond donors (Lipinski definition) is 1. The third-order valence-electron chi connectivity index (χ3n) is 5.78. The van der Waals surface area contributed by atoms with Crippen LogP contribution in [0.25, 0.3) is 21.0 Å². The normalized spacial score (nSPS) is 14.6. The highest BCUT2D eigenvalue weighted by Gasteiger charge is 2.22. The molecule has 3 heterocycles. The molecule has 0 spiro atoms. The van der Waals surface area contributed by atoms with E-state index in [4.69, 9.17) is 19.4 Å². The maximum absolute atomic E-state index is 12.6. The topological polar surface area (TPSA) is 76.6 Å². The van der Waals surface area contributed by atoms with Crippen molar-refractivity contribution in [2.75, 3.05) is 38.2 Å². The molecule has 0 radical (unpaired) electrons. The Kier molecular flexibility index (Phi) is 6.22. The van der Waals surface area contributed by atoms with Crippen molar-refractivity contribution in [2.24, 2.45) is 0 Å². The van der Waals surface area contributed by atoms with E-state index in [1.54, 1.807) is 0 Å². The standard InChI is InChI=1S/C25H26N4O3S/c1-3-32-25(30)22-16(2)21-23(26-19-9-8-17-6-4-5-7-18(17)14-19)27-20(28-24(21)33-22)15-29-10-12-31-13-11-29/h4-9,14H,3,10-13,15H2,1-2H3,(H,26,27,28). The van der Waals surface area contributed by atoms with Crippen molar-refractivity contribution in [3.63, 3.8) is 0 Å². The molecule has 0 atom stereocenters. The van der Waals surface area contributed by atoms with Gasteiger partial charge in [-0.3, -0.25) is 4.90 Å². The van der Waals surface area contributed by atoms with Gasteiger partial charge < -0.3 is 14.8 Å². The van der Waals surface area contributed by atoms with Crippen LogP contribution in [0.15, 0.2) is 42.5 Å². The summed E-state index contributed by atoms with van der Waals surface area (Å²) in [5.74, 6) is 1.12. The van der Waals surface area contributed by atoms with Gasteiger partial charge in [0.15, 0.2) is 0 Å². The summed E-state index contributed by atoms with van der Waals surface area (Å²) >= 11 is 1.37. The van der Waals surface area contributed by atoms with Gasteiger partial charge in [-0.1, -0.05) is 30.3 Å². The molecule has 5 rings (SSSR count). The van der Waals surface area contributed by atoms with Crippen LogP contribution in [0.3, 0.4) is 0 Å². The fourth-order valence-corrected chi connectivity index (χ4v) is 5.19. The number of hydrogen-bond acceptors (Lipinski definition) is 8. The van der Waals surface area contributed by atoms with E-state index in [-0.39, 0.29) is 5.97 Å². The monoisotopic (exact) mass is 462 g/mol. The van der Waals surface area contributed by atoms with Crippen LogP contribution in [0.4, 0.5) is 11.5 Å². The Morgan fingerprint density at radius 2 is 1.94 bits per heavy atom. The second kappa shape index (κ2) is 9.43. The van der Waals surface area contributed by atoms with Crippen LogP contribution in [0.2, 0.25) is 0 Å². The van der Waals surface area contributed by atoms with E-state index in [1.807, 2.05) is 32.0 Å². The summed E-state index contributed by atoms with van der Waals surface area (Å²) in [6.45, 7) is 7.86. The first-order valence-corrected chi connectivity index (χ1v) is 12.0. The van der Waals surface area contributed by atoms with Gasteiger partial charge >= 0.3 is 5.97 Å². The molecule has 2 aromatic carbocycles. The summed E-state index contributed by atoms with van der Waals surface area (Å²) < 4.78 is 10.7. The van der Waals surface area contributed by atoms with Crippen LogP contribution in [0.1, 0.15) is 28.0 Å².